The molecule has 0 saturated heterocycles. The van der Waals surface area contributed by atoms with Crippen molar-refractivity contribution >= 4 is 16.9 Å². The molecule has 23 heavy (non-hydrogen) atoms. The van der Waals surface area contributed by atoms with Crippen LogP contribution < -0.4 is 10.4 Å². The van der Waals surface area contributed by atoms with Crippen molar-refractivity contribution in [3.05, 3.63) is 52.4 Å². The molecule has 5 heteroatoms. The van der Waals surface area contributed by atoms with E-state index in [1.165, 1.54) is 6.07 Å². The summed E-state index contributed by atoms with van der Waals surface area (Å²) in [4.78, 5) is 23.6. The second-order valence-electron chi connectivity index (χ2n) is 5.58. The van der Waals surface area contributed by atoms with Gasteiger partial charge in [0.15, 0.2) is 0 Å². The van der Waals surface area contributed by atoms with Crippen LogP contribution in [0.3, 0.4) is 0 Å². The average Bonchev–Trinajstić information content (AvgIpc) is 3.04. The van der Waals surface area contributed by atoms with Gasteiger partial charge in [-0.3, -0.25) is 4.79 Å². The van der Waals surface area contributed by atoms with Gasteiger partial charge in [0.1, 0.15) is 17.9 Å². The molecule has 0 unspecified atom stereocenters. The molecule has 2 aromatic rings. The molecule has 1 heterocycles. The van der Waals surface area contributed by atoms with Gasteiger partial charge in [-0.05, 0) is 30.9 Å². The molecule has 5 nitrogen and oxygen atoms in total. The van der Waals surface area contributed by atoms with Gasteiger partial charge in [-0.2, -0.15) is 0 Å². The van der Waals surface area contributed by atoms with E-state index < -0.39 is 5.63 Å². The molecular weight excluding hydrogens is 296 g/mol. The lowest BCUT2D eigenvalue weighted by atomic mass is 10.1. The number of hydrogen-bond acceptors (Lipinski definition) is 5. The van der Waals surface area contributed by atoms with Crippen LogP contribution in [0.4, 0.5) is 0 Å². The van der Waals surface area contributed by atoms with Crippen LogP contribution in [0.2, 0.25) is 0 Å². The topological polar surface area (TPSA) is 65.7 Å². The van der Waals surface area contributed by atoms with Crippen molar-refractivity contribution in [1.82, 2.24) is 0 Å². The Hall–Kier alpha value is -2.56. The monoisotopic (exact) mass is 314 g/mol. The summed E-state index contributed by atoms with van der Waals surface area (Å²) in [5, 5.41) is 0.735. The van der Waals surface area contributed by atoms with Crippen LogP contribution in [0.25, 0.3) is 11.0 Å². The van der Waals surface area contributed by atoms with Crippen LogP contribution in [-0.4, -0.2) is 13.1 Å². The fourth-order valence-electron chi connectivity index (χ4n) is 2.75. The number of fused-ring (bicyclic) bond motifs is 1. The molecule has 1 aliphatic rings. The fourth-order valence-corrected chi connectivity index (χ4v) is 2.75. The van der Waals surface area contributed by atoms with Crippen LogP contribution in [0, 0.1) is 5.92 Å². The molecule has 1 atom stereocenters. The van der Waals surface area contributed by atoms with Gasteiger partial charge in [-0.1, -0.05) is 12.2 Å². The van der Waals surface area contributed by atoms with Gasteiger partial charge in [0, 0.05) is 23.1 Å². The smallest absolute Gasteiger partial charge is 0.336 e. The molecule has 1 aromatic carbocycles. The summed E-state index contributed by atoms with van der Waals surface area (Å²) in [6.45, 7) is 0.0592. The first-order chi connectivity index (χ1) is 11.2. The van der Waals surface area contributed by atoms with E-state index in [2.05, 4.69) is 12.2 Å². The number of allylic oxidation sites excluding steroid dienone is 2. The van der Waals surface area contributed by atoms with Gasteiger partial charge in [0.2, 0.25) is 0 Å². The summed E-state index contributed by atoms with van der Waals surface area (Å²) >= 11 is 0. The summed E-state index contributed by atoms with van der Waals surface area (Å²) in [6.07, 6.45) is 6.53. The third kappa shape index (κ3) is 3.62. The molecule has 120 valence electrons. The Labute approximate surface area is 133 Å². The largest absolute Gasteiger partial charge is 0.497 e. The van der Waals surface area contributed by atoms with Crippen LogP contribution in [0.1, 0.15) is 24.8 Å². The van der Waals surface area contributed by atoms with Crippen molar-refractivity contribution in [3.63, 3.8) is 0 Å². The molecule has 0 fully saturated rings. The Morgan fingerprint density at radius 2 is 2.22 bits per heavy atom. The predicted octanol–water partition coefficient (Wildman–Crippen LogP) is 3.20. The minimum Gasteiger partial charge on any atom is -0.497 e. The Balaban J connectivity index is 1.75. The van der Waals surface area contributed by atoms with E-state index in [1.807, 2.05) is 0 Å². The molecule has 1 aromatic heterocycles. The molecule has 0 bridgehead atoms. The Kier molecular flexibility index (Phi) is 4.46. The summed E-state index contributed by atoms with van der Waals surface area (Å²) in [5.74, 6) is 0.614. The highest BCUT2D eigenvalue weighted by atomic mass is 16.5. The maximum Gasteiger partial charge on any atom is 0.336 e. The summed E-state index contributed by atoms with van der Waals surface area (Å²) in [5.41, 5.74) is 0.575. The zero-order valence-corrected chi connectivity index (χ0v) is 12.9. The third-order valence-electron chi connectivity index (χ3n) is 3.97. The van der Waals surface area contributed by atoms with Crippen LogP contribution in [0.15, 0.2) is 45.6 Å². The molecule has 0 saturated carbocycles. The average molecular weight is 314 g/mol. The van der Waals surface area contributed by atoms with Gasteiger partial charge >= 0.3 is 11.6 Å². The maximum absolute atomic E-state index is 11.9. The van der Waals surface area contributed by atoms with Crippen molar-refractivity contribution in [3.8, 4) is 5.75 Å². The zero-order chi connectivity index (χ0) is 16.2. The van der Waals surface area contributed by atoms with E-state index in [-0.39, 0.29) is 18.5 Å². The lowest BCUT2D eigenvalue weighted by Gasteiger charge is -2.10. The van der Waals surface area contributed by atoms with Gasteiger partial charge in [-0.25, -0.2) is 4.79 Å². The molecule has 0 N–H and O–H groups in total. The molecular formula is C18H18O5. The van der Waals surface area contributed by atoms with Crippen LogP contribution in [0.5, 0.6) is 5.75 Å². The first kappa shape index (κ1) is 15.3. The number of methoxy groups -OCH3 is 1. The maximum atomic E-state index is 11.9. The number of carbonyl (C=O) groups is 1. The summed E-state index contributed by atoms with van der Waals surface area (Å²) in [7, 11) is 1.54. The number of carbonyl (C=O) groups excluding carboxylic acids is 1. The lowest BCUT2D eigenvalue weighted by molar-refractivity contribution is -0.145. The number of hydrogen-bond donors (Lipinski definition) is 0. The van der Waals surface area contributed by atoms with Crippen molar-refractivity contribution < 1.29 is 18.7 Å². The summed E-state index contributed by atoms with van der Waals surface area (Å²) in [6, 6.07) is 6.57. The van der Waals surface area contributed by atoms with Crippen molar-refractivity contribution in [2.75, 3.05) is 7.11 Å². The summed E-state index contributed by atoms with van der Waals surface area (Å²) < 4.78 is 15.6. The second kappa shape index (κ2) is 6.69. The van der Waals surface area contributed by atoms with Gasteiger partial charge < -0.3 is 13.9 Å². The Morgan fingerprint density at radius 1 is 1.35 bits per heavy atom. The van der Waals surface area contributed by atoms with Crippen molar-refractivity contribution in [2.24, 2.45) is 5.92 Å². The fraction of sp³-hybridized carbons (Fsp3) is 0.333. The quantitative estimate of drug-likeness (QED) is 0.482. The van der Waals surface area contributed by atoms with E-state index in [9.17, 15) is 9.59 Å². The van der Waals surface area contributed by atoms with Crippen LogP contribution in [-0.2, 0) is 16.1 Å². The first-order valence-electron chi connectivity index (χ1n) is 7.59. The van der Waals surface area contributed by atoms with E-state index in [1.54, 1.807) is 25.3 Å². The number of ether oxygens (including phenoxy) is 2. The minimum atomic E-state index is -0.476. The first-order valence-corrected chi connectivity index (χ1v) is 7.59. The molecule has 0 spiro atoms. The van der Waals surface area contributed by atoms with E-state index in [0.717, 1.165) is 18.2 Å². The molecule has 0 amide bonds. The van der Waals surface area contributed by atoms with Crippen molar-refractivity contribution in [2.45, 2.75) is 25.9 Å². The molecule has 0 aliphatic heterocycles. The highest BCUT2D eigenvalue weighted by molar-refractivity contribution is 5.81. The Bertz CT molecular complexity index is 803. The van der Waals surface area contributed by atoms with E-state index in [4.69, 9.17) is 13.9 Å². The highest BCUT2D eigenvalue weighted by Crippen LogP contribution is 2.24. The standard InChI is InChI=1S/C18H18O5/c1-21-14-6-7-15-13(9-18(20)23-16(15)10-14)11-22-17(19)8-12-4-2-3-5-12/h2,4,6-7,9-10,12H,3,5,8,11H2,1H3/t12-/m1/s1. The molecule has 1 aliphatic carbocycles. The van der Waals surface area contributed by atoms with E-state index in [0.29, 0.717) is 23.3 Å². The SMILES string of the molecule is COc1ccc2c(COC(=O)C[C@@H]3C=CCC3)cc(=O)oc2c1. The number of esters is 1. The minimum absolute atomic E-state index is 0.0592. The molecule has 3 rings (SSSR count). The van der Waals surface area contributed by atoms with E-state index >= 15 is 0 Å². The normalized spacial score (nSPS) is 16.7. The lowest BCUT2D eigenvalue weighted by Crippen LogP contribution is -2.10. The Morgan fingerprint density at radius 3 is 2.96 bits per heavy atom. The third-order valence-corrected chi connectivity index (χ3v) is 3.97. The zero-order valence-electron chi connectivity index (χ0n) is 12.9. The van der Waals surface area contributed by atoms with Gasteiger partial charge in [-0.15, -0.1) is 0 Å². The second-order valence-corrected chi connectivity index (χ2v) is 5.58. The van der Waals surface area contributed by atoms with Crippen LogP contribution >= 0.6 is 0 Å². The van der Waals surface area contributed by atoms with Crippen molar-refractivity contribution in [1.29, 1.82) is 0 Å². The predicted molar refractivity (Wildman–Crippen MR) is 85.3 cm³/mol. The molecule has 0 radical (unpaired) electrons. The highest BCUT2D eigenvalue weighted by Gasteiger charge is 2.16. The van der Waals surface area contributed by atoms with Gasteiger partial charge in [0.25, 0.3) is 0 Å². The number of rotatable bonds is 5. The van der Waals surface area contributed by atoms with Gasteiger partial charge in [0.05, 0.1) is 13.5 Å². The number of benzene rings is 1.